The first kappa shape index (κ1) is 14.2. The van der Waals surface area contributed by atoms with Gasteiger partial charge in [-0.3, -0.25) is 14.6 Å². The van der Waals surface area contributed by atoms with Crippen molar-refractivity contribution < 1.29 is 0 Å². The number of aromatic nitrogens is 4. The fraction of sp³-hybridized carbons (Fsp3) is 0.267. The molecule has 1 aromatic carbocycles. The quantitative estimate of drug-likeness (QED) is 0.791. The normalized spacial score (nSPS) is 13.0. The summed E-state index contributed by atoms with van der Waals surface area (Å²) >= 11 is 3.55. The van der Waals surface area contributed by atoms with E-state index in [4.69, 9.17) is 5.73 Å². The maximum Gasteiger partial charge on any atom is 0.0938 e. The number of benzene rings is 1. The largest absolute Gasteiger partial charge is 0.319 e. The molecule has 0 amide bonds. The van der Waals surface area contributed by atoms with Crippen molar-refractivity contribution >= 4 is 27.0 Å². The molecule has 0 aliphatic carbocycles. The molecule has 6 heteroatoms. The van der Waals surface area contributed by atoms with E-state index in [-0.39, 0.29) is 12.1 Å². The van der Waals surface area contributed by atoms with E-state index < -0.39 is 0 Å². The number of hydrogen-bond acceptors (Lipinski definition) is 4. The number of halogens is 1. The highest BCUT2D eigenvalue weighted by atomic mass is 79.9. The Bertz CT molecular complexity index is 775. The van der Waals surface area contributed by atoms with Gasteiger partial charge in [0.25, 0.3) is 0 Å². The predicted molar refractivity (Wildman–Crippen MR) is 85.9 cm³/mol. The van der Waals surface area contributed by atoms with E-state index >= 15 is 0 Å². The van der Waals surface area contributed by atoms with Gasteiger partial charge in [0.05, 0.1) is 33.4 Å². The molecule has 0 aliphatic heterocycles. The molecule has 3 rings (SSSR count). The molecule has 0 saturated carbocycles. The van der Waals surface area contributed by atoms with Crippen LogP contribution in [0.4, 0.5) is 0 Å². The third kappa shape index (κ3) is 2.45. The fourth-order valence-electron chi connectivity index (χ4n) is 2.47. The van der Waals surface area contributed by atoms with Gasteiger partial charge in [0.15, 0.2) is 0 Å². The highest BCUT2D eigenvalue weighted by Crippen LogP contribution is 2.31. The molecule has 2 heterocycles. The predicted octanol–water partition coefficient (Wildman–Crippen LogP) is 3.22. The Labute approximate surface area is 131 Å². The minimum atomic E-state index is -0.315. The van der Waals surface area contributed by atoms with Gasteiger partial charge in [-0.15, -0.1) is 0 Å². The highest BCUT2D eigenvalue weighted by Gasteiger charge is 2.21. The molecule has 0 fully saturated rings. The van der Waals surface area contributed by atoms with Crippen LogP contribution in [0, 0.1) is 0 Å². The molecule has 0 aliphatic rings. The Hall–Kier alpha value is -1.79. The van der Waals surface area contributed by atoms with E-state index in [2.05, 4.69) is 44.8 Å². The summed E-state index contributed by atoms with van der Waals surface area (Å²) in [5.74, 6) is 0. The zero-order chi connectivity index (χ0) is 15.0. The van der Waals surface area contributed by atoms with Crippen molar-refractivity contribution in [1.29, 1.82) is 0 Å². The third-order valence-corrected chi connectivity index (χ3v) is 4.05. The first-order valence-electron chi connectivity index (χ1n) is 6.77. The SMILES string of the molecule is CC(C)n1ncc(Br)c1C(N)c1cccc2nccnc12. The Morgan fingerprint density at radius 1 is 1.19 bits per heavy atom. The lowest BCUT2D eigenvalue weighted by atomic mass is 10.0. The molecule has 1 atom stereocenters. The monoisotopic (exact) mass is 345 g/mol. The van der Waals surface area contributed by atoms with Gasteiger partial charge in [0.1, 0.15) is 0 Å². The smallest absolute Gasteiger partial charge is 0.0938 e. The number of nitrogens with zero attached hydrogens (tertiary/aromatic N) is 4. The first-order valence-corrected chi connectivity index (χ1v) is 7.57. The highest BCUT2D eigenvalue weighted by molar-refractivity contribution is 9.10. The fourth-order valence-corrected chi connectivity index (χ4v) is 2.99. The molecule has 0 spiro atoms. The Balaban J connectivity index is 2.17. The Morgan fingerprint density at radius 2 is 1.95 bits per heavy atom. The molecule has 2 N–H and O–H groups in total. The van der Waals surface area contributed by atoms with E-state index in [0.29, 0.717) is 0 Å². The molecule has 0 radical (unpaired) electrons. The van der Waals surface area contributed by atoms with Crippen LogP contribution < -0.4 is 5.73 Å². The topological polar surface area (TPSA) is 69.6 Å². The summed E-state index contributed by atoms with van der Waals surface area (Å²) < 4.78 is 2.84. The third-order valence-electron chi connectivity index (χ3n) is 3.44. The summed E-state index contributed by atoms with van der Waals surface area (Å²) in [6.45, 7) is 4.16. The van der Waals surface area contributed by atoms with Crippen molar-refractivity contribution in [3.05, 3.63) is 52.5 Å². The van der Waals surface area contributed by atoms with Crippen molar-refractivity contribution in [2.75, 3.05) is 0 Å². The van der Waals surface area contributed by atoms with Gasteiger partial charge in [0, 0.05) is 24.0 Å². The van der Waals surface area contributed by atoms with Gasteiger partial charge in [-0.25, -0.2) is 0 Å². The summed E-state index contributed by atoms with van der Waals surface area (Å²) in [6.07, 6.45) is 5.16. The second kappa shape index (κ2) is 5.54. The average molecular weight is 346 g/mol. The van der Waals surface area contributed by atoms with Gasteiger partial charge in [0.2, 0.25) is 0 Å². The van der Waals surface area contributed by atoms with Gasteiger partial charge in [-0.05, 0) is 35.8 Å². The minimum absolute atomic E-state index is 0.235. The summed E-state index contributed by atoms with van der Waals surface area (Å²) in [6, 6.07) is 5.80. The number of fused-ring (bicyclic) bond motifs is 1. The van der Waals surface area contributed by atoms with Crippen molar-refractivity contribution in [3.8, 4) is 0 Å². The average Bonchev–Trinajstić information content (AvgIpc) is 2.88. The van der Waals surface area contributed by atoms with Crippen LogP contribution in [0.25, 0.3) is 11.0 Å². The van der Waals surface area contributed by atoms with Gasteiger partial charge < -0.3 is 5.73 Å². The van der Waals surface area contributed by atoms with Crippen LogP contribution in [0.5, 0.6) is 0 Å². The van der Waals surface area contributed by atoms with Crippen molar-refractivity contribution in [1.82, 2.24) is 19.7 Å². The summed E-state index contributed by atoms with van der Waals surface area (Å²) in [5.41, 5.74) is 10.1. The maximum atomic E-state index is 6.51. The second-order valence-electron chi connectivity index (χ2n) is 5.17. The molecular formula is C15H16BrN5. The zero-order valence-corrected chi connectivity index (χ0v) is 13.4. The van der Waals surface area contributed by atoms with Crippen LogP contribution in [-0.4, -0.2) is 19.7 Å². The molecule has 108 valence electrons. The molecule has 21 heavy (non-hydrogen) atoms. The minimum Gasteiger partial charge on any atom is -0.319 e. The van der Waals surface area contributed by atoms with Crippen molar-refractivity contribution in [2.45, 2.75) is 25.9 Å². The maximum absolute atomic E-state index is 6.51. The van der Waals surface area contributed by atoms with E-state index in [1.54, 1.807) is 18.6 Å². The van der Waals surface area contributed by atoms with E-state index in [1.165, 1.54) is 0 Å². The molecule has 3 aromatic rings. The van der Waals surface area contributed by atoms with Crippen molar-refractivity contribution in [3.63, 3.8) is 0 Å². The summed E-state index contributed by atoms with van der Waals surface area (Å²) in [5, 5.41) is 4.40. The Kier molecular flexibility index (Phi) is 3.73. The molecule has 2 aromatic heterocycles. The zero-order valence-electron chi connectivity index (χ0n) is 11.9. The molecular weight excluding hydrogens is 330 g/mol. The van der Waals surface area contributed by atoms with E-state index in [9.17, 15) is 0 Å². The molecule has 1 unspecified atom stereocenters. The molecule has 0 bridgehead atoms. The van der Waals surface area contributed by atoms with Crippen LogP contribution in [-0.2, 0) is 0 Å². The standard InChI is InChI=1S/C15H16BrN5/c1-9(2)21-15(11(16)8-20-21)13(17)10-4-3-5-12-14(10)19-7-6-18-12/h3-9,13H,17H2,1-2H3. The van der Waals surface area contributed by atoms with Crippen molar-refractivity contribution in [2.24, 2.45) is 5.73 Å². The van der Waals surface area contributed by atoms with Gasteiger partial charge in [-0.1, -0.05) is 12.1 Å². The van der Waals surface area contributed by atoms with E-state index in [1.807, 2.05) is 22.9 Å². The van der Waals surface area contributed by atoms with Crippen LogP contribution in [0.2, 0.25) is 0 Å². The van der Waals surface area contributed by atoms with Crippen LogP contribution in [0.1, 0.15) is 37.2 Å². The second-order valence-corrected chi connectivity index (χ2v) is 6.02. The van der Waals surface area contributed by atoms with Crippen LogP contribution in [0.15, 0.2) is 41.3 Å². The number of nitrogens with two attached hydrogens (primary N) is 1. The lowest BCUT2D eigenvalue weighted by molar-refractivity contribution is 0.499. The first-order chi connectivity index (χ1) is 10.1. The lowest BCUT2D eigenvalue weighted by Crippen LogP contribution is -2.19. The number of para-hydroxylation sites is 1. The van der Waals surface area contributed by atoms with Crippen LogP contribution in [0.3, 0.4) is 0 Å². The molecule has 0 saturated heterocycles. The van der Waals surface area contributed by atoms with Gasteiger partial charge >= 0.3 is 0 Å². The van der Waals surface area contributed by atoms with Crippen LogP contribution >= 0.6 is 15.9 Å². The lowest BCUT2D eigenvalue weighted by Gasteiger charge is -2.18. The molecule has 5 nitrogen and oxygen atoms in total. The van der Waals surface area contributed by atoms with Gasteiger partial charge in [-0.2, -0.15) is 5.10 Å². The Morgan fingerprint density at radius 3 is 2.71 bits per heavy atom. The van der Waals surface area contributed by atoms with E-state index in [0.717, 1.165) is 26.8 Å². The number of hydrogen-bond donors (Lipinski definition) is 1. The summed E-state index contributed by atoms with van der Waals surface area (Å²) in [7, 11) is 0. The number of rotatable bonds is 3. The summed E-state index contributed by atoms with van der Waals surface area (Å²) in [4.78, 5) is 8.76.